The van der Waals surface area contributed by atoms with Crippen LogP contribution in [0.3, 0.4) is 0 Å². The number of ether oxygens (including phenoxy) is 1. The third kappa shape index (κ3) is 1.48. The molecule has 2 aliphatic rings. The molecule has 0 aromatic carbocycles. The van der Waals surface area contributed by atoms with Gasteiger partial charge in [0.05, 0.1) is 12.6 Å². The van der Waals surface area contributed by atoms with Gasteiger partial charge in [-0.15, -0.1) is 0 Å². The van der Waals surface area contributed by atoms with Gasteiger partial charge in [-0.05, 0) is 19.3 Å². The summed E-state index contributed by atoms with van der Waals surface area (Å²) in [5, 5.41) is 11.6. The highest BCUT2D eigenvalue weighted by atomic mass is 16.5. The molecule has 2 fully saturated rings. The zero-order chi connectivity index (χ0) is 10.2. The quantitative estimate of drug-likeness (QED) is 0.615. The van der Waals surface area contributed by atoms with Gasteiger partial charge < -0.3 is 15.2 Å². The van der Waals surface area contributed by atoms with E-state index in [1.165, 1.54) is 0 Å². The minimum atomic E-state index is -1.12. The predicted molar refractivity (Wildman–Crippen MR) is 46.7 cm³/mol. The van der Waals surface area contributed by atoms with E-state index in [0.29, 0.717) is 26.1 Å². The molecule has 2 rings (SSSR count). The Labute approximate surface area is 81.4 Å². The van der Waals surface area contributed by atoms with Gasteiger partial charge in [-0.25, -0.2) is 0 Å². The van der Waals surface area contributed by atoms with Crippen molar-refractivity contribution in [3.63, 3.8) is 0 Å². The largest absolute Gasteiger partial charge is 0.480 e. The molecule has 1 aliphatic heterocycles. The number of aliphatic carboxylic acids is 1. The molecular weight excluding hydrogens is 186 g/mol. The first-order valence-corrected chi connectivity index (χ1v) is 4.77. The fourth-order valence-electron chi connectivity index (χ4n) is 1.63. The van der Waals surface area contributed by atoms with Crippen molar-refractivity contribution in [1.82, 2.24) is 5.32 Å². The average molecular weight is 199 g/mol. The summed E-state index contributed by atoms with van der Waals surface area (Å²) in [6.45, 7) is 1.15. The summed E-state index contributed by atoms with van der Waals surface area (Å²) in [5.74, 6) is -1.35. The first-order chi connectivity index (χ1) is 6.65. The summed E-state index contributed by atoms with van der Waals surface area (Å²) >= 11 is 0. The Hall–Kier alpha value is -1.10. The van der Waals surface area contributed by atoms with Gasteiger partial charge in [0.2, 0.25) is 5.91 Å². The van der Waals surface area contributed by atoms with Crippen LogP contribution in [0.25, 0.3) is 0 Å². The van der Waals surface area contributed by atoms with E-state index in [2.05, 4.69) is 5.32 Å². The summed E-state index contributed by atoms with van der Waals surface area (Å²) in [6.07, 6.45) is 1.70. The molecule has 0 aromatic rings. The number of carbonyl (C=O) groups is 2. The number of amides is 1. The summed E-state index contributed by atoms with van der Waals surface area (Å²) in [4.78, 5) is 22.4. The molecule has 0 radical (unpaired) electrons. The predicted octanol–water partition coefficient (Wildman–Crippen LogP) is -0.244. The first-order valence-electron chi connectivity index (χ1n) is 4.77. The van der Waals surface area contributed by atoms with Crippen LogP contribution in [-0.2, 0) is 14.3 Å². The van der Waals surface area contributed by atoms with E-state index in [1.54, 1.807) is 0 Å². The van der Waals surface area contributed by atoms with Crippen molar-refractivity contribution >= 4 is 11.9 Å². The molecule has 14 heavy (non-hydrogen) atoms. The summed E-state index contributed by atoms with van der Waals surface area (Å²) in [5.41, 5.74) is -1.12. The molecule has 1 heterocycles. The average Bonchev–Trinajstić information content (AvgIpc) is 2.81. The van der Waals surface area contributed by atoms with E-state index in [-0.39, 0.29) is 11.9 Å². The van der Waals surface area contributed by atoms with Crippen LogP contribution in [0, 0.1) is 5.41 Å². The topological polar surface area (TPSA) is 75.6 Å². The zero-order valence-corrected chi connectivity index (χ0v) is 7.78. The maximum Gasteiger partial charge on any atom is 0.319 e. The molecule has 5 heteroatoms. The lowest BCUT2D eigenvalue weighted by Crippen LogP contribution is -2.43. The van der Waals surface area contributed by atoms with Gasteiger partial charge in [0, 0.05) is 6.61 Å². The molecule has 0 aromatic heterocycles. The second-order valence-electron chi connectivity index (χ2n) is 3.92. The third-order valence-electron chi connectivity index (χ3n) is 2.86. The summed E-state index contributed by atoms with van der Waals surface area (Å²) in [7, 11) is 0. The second-order valence-corrected chi connectivity index (χ2v) is 3.92. The van der Waals surface area contributed by atoms with E-state index in [9.17, 15) is 9.59 Å². The minimum Gasteiger partial charge on any atom is -0.480 e. The standard InChI is InChI=1S/C9H13NO4/c11-7(9(2-3-9)8(12)13)10-6-1-4-14-5-6/h6H,1-5H2,(H,10,11)(H,12,13). The number of carbonyl (C=O) groups excluding carboxylic acids is 1. The molecule has 1 amide bonds. The van der Waals surface area contributed by atoms with Crippen molar-refractivity contribution in [3.05, 3.63) is 0 Å². The van der Waals surface area contributed by atoms with E-state index < -0.39 is 11.4 Å². The SMILES string of the molecule is O=C(O)C1(C(=O)NC2CCOC2)CC1. The Kier molecular flexibility index (Phi) is 2.19. The van der Waals surface area contributed by atoms with Crippen LogP contribution in [0.1, 0.15) is 19.3 Å². The van der Waals surface area contributed by atoms with Gasteiger partial charge in [-0.2, -0.15) is 0 Å². The van der Waals surface area contributed by atoms with E-state index in [4.69, 9.17) is 9.84 Å². The molecule has 1 atom stereocenters. The van der Waals surface area contributed by atoms with Gasteiger partial charge in [0.15, 0.2) is 0 Å². The van der Waals surface area contributed by atoms with Crippen molar-refractivity contribution in [2.24, 2.45) is 5.41 Å². The molecule has 2 N–H and O–H groups in total. The van der Waals surface area contributed by atoms with Crippen molar-refractivity contribution in [1.29, 1.82) is 0 Å². The van der Waals surface area contributed by atoms with Crippen molar-refractivity contribution < 1.29 is 19.4 Å². The monoisotopic (exact) mass is 199 g/mol. The maximum atomic E-state index is 11.6. The summed E-state index contributed by atoms with van der Waals surface area (Å²) < 4.78 is 5.09. The zero-order valence-electron chi connectivity index (χ0n) is 7.78. The van der Waals surface area contributed by atoms with E-state index >= 15 is 0 Å². The molecule has 1 unspecified atom stereocenters. The lowest BCUT2D eigenvalue weighted by Gasteiger charge is -2.14. The molecule has 5 nitrogen and oxygen atoms in total. The number of nitrogens with one attached hydrogen (secondary N) is 1. The highest BCUT2D eigenvalue weighted by molar-refractivity contribution is 6.04. The van der Waals surface area contributed by atoms with Gasteiger partial charge in [0.25, 0.3) is 0 Å². The Morgan fingerprint density at radius 1 is 1.43 bits per heavy atom. The molecule has 0 spiro atoms. The lowest BCUT2D eigenvalue weighted by molar-refractivity contribution is -0.149. The van der Waals surface area contributed by atoms with Gasteiger partial charge in [0.1, 0.15) is 5.41 Å². The molecule has 0 bridgehead atoms. The van der Waals surface area contributed by atoms with Crippen LogP contribution in [0.4, 0.5) is 0 Å². The molecular formula is C9H13NO4. The maximum absolute atomic E-state index is 11.6. The first kappa shape index (κ1) is 9.45. The third-order valence-corrected chi connectivity index (χ3v) is 2.86. The van der Waals surface area contributed by atoms with Gasteiger partial charge >= 0.3 is 5.97 Å². The number of carboxylic acid groups (broad SMARTS) is 1. The normalized spacial score (nSPS) is 28.4. The molecule has 1 aliphatic carbocycles. The smallest absolute Gasteiger partial charge is 0.319 e. The van der Waals surface area contributed by atoms with Crippen molar-refractivity contribution in [3.8, 4) is 0 Å². The van der Waals surface area contributed by atoms with Gasteiger partial charge in [-0.3, -0.25) is 9.59 Å². The van der Waals surface area contributed by atoms with Crippen LogP contribution in [0.2, 0.25) is 0 Å². The Morgan fingerprint density at radius 2 is 2.14 bits per heavy atom. The number of hydrogen-bond acceptors (Lipinski definition) is 3. The van der Waals surface area contributed by atoms with Crippen LogP contribution < -0.4 is 5.32 Å². The van der Waals surface area contributed by atoms with Crippen molar-refractivity contribution in [2.75, 3.05) is 13.2 Å². The Morgan fingerprint density at radius 3 is 2.57 bits per heavy atom. The Bertz CT molecular complexity index is 266. The molecule has 1 saturated heterocycles. The number of rotatable bonds is 3. The fraction of sp³-hybridized carbons (Fsp3) is 0.778. The number of carboxylic acids is 1. The van der Waals surface area contributed by atoms with Crippen LogP contribution in [0.5, 0.6) is 0 Å². The fourth-order valence-corrected chi connectivity index (χ4v) is 1.63. The Balaban J connectivity index is 1.92. The van der Waals surface area contributed by atoms with Crippen LogP contribution in [0.15, 0.2) is 0 Å². The van der Waals surface area contributed by atoms with Gasteiger partial charge in [-0.1, -0.05) is 0 Å². The minimum absolute atomic E-state index is 0.000625. The highest BCUT2D eigenvalue weighted by Crippen LogP contribution is 2.46. The second kappa shape index (κ2) is 3.24. The van der Waals surface area contributed by atoms with Crippen LogP contribution >= 0.6 is 0 Å². The van der Waals surface area contributed by atoms with E-state index in [0.717, 1.165) is 6.42 Å². The summed E-state index contributed by atoms with van der Waals surface area (Å²) in [6, 6.07) is -0.000625. The van der Waals surface area contributed by atoms with Crippen LogP contribution in [-0.4, -0.2) is 36.2 Å². The van der Waals surface area contributed by atoms with Crippen molar-refractivity contribution in [2.45, 2.75) is 25.3 Å². The van der Waals surface area contributed by atoms with E-state index in [1.807, 2.05) is 0 Å². The molecule has 1 saturated carbocycles. The lowest BCUT2D eigenvalue weighted by atomic mass is 10.1. The molecule has 78 valence electrons. The number of hydrogen-bond donors (Lipinski definition) is 2. The highest BCUT2D eigenvalue weighted by Gasteiger charge is 2.57.